The minimum atomic E-state index is 0. The molecule has 2 N–H and O–H groups in total. The van der Waals surface area contributed by atoms with Crippen molar-refractivity contribution in [3.8, 4) is 0 Å². The quantitative estimate of drug-likeness (QED) is 0.714. The Hall–Kier alpha value is -1.32. The van der Waals surface area contributed by atoms with E-state index >= 15 is 0 Å². The first-order chi connectivity index (χ1) is 5.77. The largest absolute Gasteiger partial charge is 0.368 e. The first-order valence-electron chi connectivity index (χ1n) is 4.11. The van der Waals surface area contributed by atoms with Gasteiger partial charge in [0.15, 0.2) is 0 Å². The van der Waals surface area contributed by atoms with Crippen molar-refractivity contribution < 1.29 is 1.43 Å². The van der Waals surface area contributed by atoms with E-state index in [1.54, 1.807) is 6.20 Å². The van der Waals surface area contributed by atoms with E-state index in [9.17, 15) is 0 Å². The molecule has 0 aromatic carbocycles. The normalized spacial score (nSPS) is 14.7. The Morgan fingerprint density at radius 3 is 2.77 bits per heavy atom. The molecule has 0 aliphatic carbocycles. The van der Waals surface area contributed by atoms with Crippen molar-refractivity contribution in [2.24, 2.45) is 0 Å². The third-order valence-corrected chi connectivity index (χ3v) is 2.12. The summed E-state index contributed by atoms with van der Waals surface area (Å²) in [6.45, 7) is 4.20. The lowest BCUT2D eigenvalue weighted by Gasteiger charge is -2.32. The lowest BCUT2D eigenvalue weighted by molar-refractivity contribution is 0.607. The van der Waals surface area contributed by atoms with Gasteiger partial charge in [0.05, 0.1) is 0 Å². The Balaban J connectivity index is 0.000000845. The Labute approximate surface area is 80.3 Å². The molecule has 2 heterocycles. The van der Waals surface area contributed by atoms with Crippen LogP contribution in [-0.2, 0) is 0 Å². The molecule has 2 rings (SSSR count). The number of nitrogen functional groups attached to an aromatic ring is 1. The van der Waals surface area contributed by atoms with Crippen molar-refractivity contribution in [2.75, 3.05) is 23.7 Å². The number of aryl methyl sites for hydroxylation is 1. The van der Waals surface area contributed by atoms with Gasteiger partial charge in [-0.25, -0.2) is 4.98 Å². The molecule has 1 aliphatic rings. The van der Waals surface area contributed by atoms with Crippen LogP contribution in [0.4, 0.5) is 11.8 Å². The van der Waals surface area contributed by atoms with E-state index in [0.29, 0.717) is 5.95 Å². The predicted molar refractivity (Wildman–Crippen MR) is 56.9 cm³/mol. The summed E-state index contributed by atoms with van der Waals surface area (Å²) in [6, 6.07) is 0. The molecule has 0 bridgehead atoms. The average molecular weight is 182 g/mol. The summed E-state index contributed by atoms with van der Waals surface area (Å²) in [4.78, 5) is 10.3. The molecule has 0 spiro atoms. The molecule has 1 aliphatic heterocycles. The molecule has 74 valence electrons. The third kappa shape index (κ3) is 1.71. The lowest BCUT2D eigenvalue weighted by atomic mass is 10.2. The molecule has 4 nitrogen and oxygen atoms in total. The topological polar surface area (TPSA) is 55.0 Å². The maximum atomic E-state index is 5.50. The maximum Gasteiger partial charge on any atom is 0.221 e. The van der Waals surface area contributed by atoms with Crippen LogP contribution in [0, 0.1) is 6.92 Å². The smallest absolute Gasteiger partial charge is 0.221 e. The fraction of sp³-hybridized carbons (Fsp3) is 0.556. The number of hydrogen-bond acceptors (Lipinski definition) is 4. The summed E-state index contributed by atoms with van der Waals surface area (Å²) in [6.07, 6.45) is 3.03. The maximum absolute atomic E-state index is 5.50. The first-order valence-corrected chi connectivity index (χ1v) is 4.11. The third-order valence-electron chi connectivity index (χ3n) is 2.12. The zero-order valence-corrected chi connectivity index (χ0v) is 7.12. The minimum Gasteiger partial charge on any atom is -0.368 e. The Bertz CT molecular complexity index is 299. The molecule has 0 saturated carbocycles. The fourth-order valence-electron chi connectivity index (χ4n) is 1.29. The summed E-state index contributed by atoms with van der Waals surface area (Å²) in [5.74, 6) is 1.36. The van der Waals surface area contributed by atoms with E-state index in [-0.39, 0.29) is 8.85 Å². The van der Waals surface area contributed by atoms with E-state index in [1.165, 1.54) is 6.42 Å². The van der Waals surface area contributed by atoms with Gasteiger partial charge in [-0.05, 0) is 13.3 Å². The molecule has 1 aromatic heterocycles. The van der Waals surface area contributed by atoms with Crippen LogP contribution in [0.1, 0.15) is 20.8 Å². The van der Waals surface area contributed by atoms with Crippen LogP contribution in [-0.4, -0.2) is 23.1 Å². The molecule has 13 heavy (non-hydrogen) atoms. The average Bonchev–Trinajstić information content (AvgIpc) is 1.93. The standard InChI is InChI=1S/C8H12N4.CH4.H2/c1-6-5-10-8(9)11-7(6)12-3-2-4-12;;/h5H,2-4H2,1H3,(H2,9,10,11);1H4;1H. The second-order valence-corrected chi connectivity index (χ2v) is 3.08. The molecule has 1 fully saturated rings. The highest BCUT2D eigenvalue weighted by molar-refractivity contribution is 5.49. The predicted octanol–water partition coefficient (Wildman–Crippen LogP) is 1.46. The fourth-order valence-corrected chi connectivity index (χ4v) is 1.29. The lowest BCUT2D eigenvalue weighted by Crippen LogP contribution is -2.38. The van der Waals surface area contributed by atoms with Crippen LogP contribution in [0.15, 0.2) is 6.20 Å². The summed E-state index contributed by atoms with van der Waals surface area (Å²) in [5.41, 5.74) is 6.60. The highest BCUT2D eigenvalue weighted by atomic mass is 15.2. The van der Waals surface area contributed by atoms with Gasteiger partial charge in [0.1, 0.15) is 5.82 Å². The monoisotopic (exact) mass is 182 g/mol. The van der Waals surface area contributed by atoms with E-state index in [2.05, 4.69) is 14.9 Å². The van der Waals surface area contributed by atoms with Gasteiger partial charge >= 0.3 is 0 Å². The van der Waals surface area contributed by atoms with Crippen molar-refractivity contribution in [1.29, 1.82) is 0 Å². The zero-order chi connectivity index (χ0) is 8.55. The summed E-state index contributed by atoms with van der Waals surface area (Å²) < 4.78 is 0. The molecule has 0 amide bonds. The Morgan fingerprint density at radius 1 is 1.54 bits per heavy atom. The molecule has 0 atom stereocenters. The van der Waals surface area contributed by atoms with Gasteiger partial charge in [0.2, 0.25) is 5.95 Å². The molecule has 1 saturated heterocycles. The number of nitrogens with zero attached hydrogens (tertiary/aromatic N) is 3. The van der Waals surface area contributed by atoms with Gasteiger partial charge in [-0.1, -0.05) is 7.43 Å². The highest BCUT2D eigenvalue weighted by Crippen LogP contribution is 2.21. The van der Waals surface area contributed by atoms with Crippen molar-refractivity contribution >= 4 is 11.8 Å². The van der Waals surface area contributed by atoms with Crippen molar-refractivity contribution in [3.05, 3.63) is 11.8 Å². The van der Waals surface area contributed by atoms with Crippen LogP contribution in [0.3, 0.4) is 0 Å². The molecule has 0 unspecified atom stereocenters. The van der Waals surface area contributed by atoms with Gasteiger partial charge in [0.25, 0.3) is 0 Å². The zero-order valence-electron chi connectivity index (χ0n) is 7.12. The number of hydrogen-bond donors (Lipinski definition) is 1. The van der Waals surface area contributed by atoms with Gasteiger partial charge in [-0.15, -0.1) is 0 Å². The summed E-state index contributed by atoms with van der Waals surface area (Å²) >= 11 is 0. The molecule has 4 heteroatoms. The number of anilines is 2. The molecular weight excluding hydrogens is 164 g/mol. The van der Waals surface area contributed by atoms with E-state index < -0.39 is 0 Å². The van der Waals surface area contributed by atoms with Crippen LogP contribution in [0.2, 0.25) is 0 Å². The van der Waals surface area contributed by atoms with Crippen LogP contribution in [0.25, 0.3) is 0 Å². The molecular formula is C9H18N4. The van der Waals surface area contributed by atoms with Gasteiger partial charge in [-0.2, -0.15) is 4.98 Å². The van der Waals surface area contributed by atoms with Crippen LogP contribution >= 0.6 is 0 Å². The second kappa shape index (κ2) is 3.60. The summed E-state index contributed by atoms with van der Waals surface area (Å²) in [5, 5.41) is 0. The summed E-state index contributed by atoms with van der Waals surface area (Å²) in [7, 11) is 0. The van der Waals surface area contributed by atoms with Gasteiger partial charge < -0.3 is 10.6 Å². The second-order valence-electron chi connectivity index (χ2n) is 3.08. The molecule has 0 radical (unpaired) electrons. The SMILES string of the molecule is C.Cc1cnc(N)nc1N1CCC1.[HH]. The molecule has 1 aromatic rings. The Kier molecular flexibility index (Phi) is 2.70. The van der Waals surface area contributed by atoms with E-state index in [1.807, 2.05) is 6.92 Å². The van der Waals surface area contributed by atoms with Crippen molar-refractivity contribution in [2.45, 2.75) is 20.8 Å². The minimum absolute atomic E-state index is 0. The first kappa shape index (κ1) is 9.77. The van der Waals surface area contributed by atoms with Gasteiger partial charge in [-0.3, -0.25) is 0 Å². The van der Waals surface area contributed by atoms with Crippen LogP contribution < -0.4 is 10.6 Å². The number of nitrogens with two attached hydrogens (primary N) is 1. The van der Waals surface area contributed by atoms with Crippen molar-refractivity contribution in [1.82, 2.24) is 9.97 Å². The Morgan fingerprint density at radius 2 is 2.23 bits per heavy atom. The van der Waals surface area contributed by atoms with E-state index in [4.69, 9.17) is 5.73 Å². The number of rotatable bonds is 1. The van der Waals surface area contributed by atoms with Crippen LogP contribution in [0.5, 0.6) is 0 Å². The highest BCUT2D eigenvalue weighted by Gasteiger charge is 2.17. The number of aromatic nitrogens is 2. The van der Waals surface area contributed by atoms with Gasteiger partial charge in [0, 0.05) is 26.3 Å². The van der Waals surface area contributed by atoms with E-state index in [0.717, 1.165) is 24.5 Å². The van der Waals surface area contributed by atoms with Crippen molar-refractivity contribution in [3.63, 3.8) is 0 Å².